The van der Waals surface area contributed by atoms with E-state index in [2.05, 4.69) is 4.99 Å². The summed E-state index contributed by atoms with van der Waals surface area (Å²) in [7, 11) is -2.58. The molecular formula is C17H21N3O5S2. The van der Waals surface area contributed by atoms with Crippen molar-refractivity contribution in [1.29, 1.82) is 0 Å². The summed E-state index contributed by atoms with van der Waals surface area (Å²) in [5, 5.41) is 5.19. The monoisotopic (exact) mass is 411 g/mol. The number of sulfonamides is 1. The number of carbonyl (C=O) groups is 2. The summed E-state index contributed by atoms with van der Waals surface area (Å²) in [6.07, 6.45) is 4.79. The summed E-state index contributed by atoms with van der Waals surface area (Å²) >= 11 is 1.15. The van der Waals surface area contributed by atoms with Gasteiger partial charge in [0, 0.05) is 5.92 Å². The number of ether oxygens (including phenoxy) is 1. The fourth-order valence-electron chi connectivity index (χ4n) is 3.20. The van der Waals surface area contributed by atoms with Gasteiger partial charge in [-0.25, -0.2) is 13.6 Å². The minimum absolute atomic E-state index is 0.0355. The fourth-order valence-corrected chi connectivity index (χ4v) is 4.89. The van der Waals surface area contributed by atoms with Crippen LogP contribution in [0.3, 0.4) is 0 Å². The Balaban J connectivity index is 2.11. The highest BCUT2D eigenvalue weighted by Gasteiger charge is 2.21. The second-order valence-electron chi connectivity index (χ2n) is 6.51. The zero-order valence-electron chi connectivity index (χ0n) is 14.9. The Morgan fingerprint density at radius 1 is 1.30 bits per heavy atom. The van der Waals surface area contributed by atoms with Crippen molar-refractivity contribution in [2.75, 3.05) is 7.11 Å². The van der Waals surface area contributed by atoms with Crippen molar-refractivity contribution in [3.63, 3.8) is 0 Å². The SMILES string of the molecule is COC(=O)Cn1c(=NC(=O)C2CCCCC2)sc2cc(S(N)(=O)=O)ccc21. The first-order valence-electron chi connectivity index (χ1n) is 8.61. The van der Waals surface area contributed by atoms with Gasteiger partial charge in [-0.2, -0.15) is 4.99 Å². The lowest BCUT2D eigenvalue weighted by Crippen LogP contribution is -2.24. The van der Waals surface area contributed by atoms with Crippen LogP contribution in [0.25, 0.3) is 10.2 Å². The second-order valence-corrected chi connectivity index (χ2v) is 9.08. The Morgan fingerprint density at radius 3 is 2.63 bits per heavy atom. The van der Waals surface area contributed by atoms with E-state index < -0.39 is 16.0 Å². The lowest BCUT2D eigenvalue weighted by molar-refractivity contribution is -0.141. The molecule has 0 spiro atoms. The molecule has 27 heavy (non-hydrogen) atoms. The number of hydrogen-bond donors (Lipinski definition) is 1. The Labute approximate surface area is 160 Å². The highest BCUT2D eigenvalue weighted by atomic mass is 32.2. The van der Waals surface area contributed by atoms with E-state index in [0.29, 0.717) is 15.0 Å². The number of carbonyl (C=O) groups excluding carboxylic acids is 2. The molecule has 10 heteroatoms. The van der Waals surface area contributed by atoms with Crippen LogP contribution in [0.5, 0.6) is 0 Å². The molecule has 0 atom stereocenters. The Bertz CT molecular complexity index is 1050. The van der Waals surface area contributed by atoms with Gasteiger partial charge in [0.1, 0.15) is 6.54 Å². The number of hydrogen-bond acceptors (Lipinski definition) is 6. The van der Waals surface area contributed by atoms with E-state index in [1.807, 2.05) is 0 Å². The number of amides is 1. The van der Waals surface area contributed by atoms with Gasteiger partial charge in [0.15, 0.2) is 4.80 Å². The van der Waals surface area contributed by atoms with E-state index >= 15 is 0 Å². The minimum atomic E-state index is -3.86. The lowest BCUT2D eigenvalue weighted by atomic mass is 9.89. The van der Waals surface area contributed by atoms with Crippen molar-refractivity contribution in [2.45, 2.75) is 43.5 Å². The predicted octanol–water partition coefficient (Wildman–Crippen LogP) is 1.53. The van der Waals surface area contributed by atoms with Crippen molar-refractivity contribution < 1.29 is 22.7 Å². The molecule has 1 aromatic heterocycles. The molecule has 146 valence electrons. The average molecular weight is 412 g/mol. The van der Waals surface area contributed by atoms with E-state index in [0.717, 1.165) is 43.4 Å². The van der Waals surface area contributed by atoms with Gasteiger partial charge in [0.05, 0.1) is 22.2 Å². The van der Waals surface area contributed by atoms with Gasteiger partial charge in [-0.15, -0.1) is 0 Å². The zero-order valence-corrected chi connectivity index (χ0v) is 16.5. The number of nitrogens with two attached hydrogens (primary N) is 1. The van der Waals surface area contributed by atoms with Crippen LogP contribution in [0.15, 0.2) is 28.1 Å². The Kier molecular flexibility index (Phi) is 5.78. The normalized spacial score (nSPS) is 16.6. The van der Waals surface area contributed by atoms with Crippen LogP contribution in [0, 0.1) is 5.92 Å². The van der Waals surface area contributed by atoms with Crippen LogP contribution in [-0.2, 0) is 30.9 Å². The topological polar surface area (TPSA) is 121 Å². The first kappa shape index (κ1) is 19.7. The molecule has 0 aliphatic heterocycles. The van der Waals surface area contributed by atoms with Crippen LogP contribution < -0.4 is 9.94 Å². The van der Waals surface area contributed by atoms with Gasteiger partial charge in [0.2, 0.25) is 10.0 Å². The van der Waals surface area contributed by atoms with Crippen molar-refractivity contribution in [1.82, 2.24) is 4.57 Å². The number of thiazole rings is 1. The van der Waals surface area contributed by atoms with Crippen LogP contribution in [0.1, 0.15) is 32.1 Å². The third-order valence-electron chi connectivity index (χ3n) is 4.66. The molecule has 1 aromatic carbocycles. The van der Waals surface area contributed by atoms with Crippen molar-refractivity contribution >= 4 is 43.5 Å². The molecular weight excluding hydrogens is 390 g/mol. The highest BCUT2D eigenvalue weighted by Crippen LogP contribution is 2.25. The summed E-state index contributed by atoms with van der Waals surface area (Å²) in [6.45, 7) is -0.123. The van der Waals surface area contributed by atoms with Crippen molar-refractivity contribution in [2.24, 2.45) is 16.0 Å². The van der Waals surface area contributed by atoms with E-state index in [1.54, 1.807) is 10.6 Å². The number of aromatic nitrogens is 1. The van der Waals surface area contributed by atoms with E-state index in [-0.39, 0.29) is 23.3 Å². The number of nitrogens with zero attached hydrogens (tertiary/aromatic N) is 2. The molecule has 0 bridgehead atoms. The summed E-state index contributed by atoms with van der Waals surface area (Å²) in [5.41, 5.74) is 0.591. The smallest absolute Gasteiger partial charge is 0.325 e. The summed E-state index contributed by atoms with van der Waals surface area (Å²) in [5.74, 6) is -0.793. The molecule has 0 unspecified atom stereocenters. The third kappa shape index (κ3) is 4.45. The molecule has 0 saturated heterocycles. The average Bonchev–Trinajstić information content (AvgIpc) is 2.98. The first-order valence-corrected chi connectivity index (χ1v) is 11.0. The van der Waals surface area contributed by atoms with Crippen LogP contribution in [-0.4, -0.2) is 32.0 Å². The standard InChI is InChI=1S/C17H21N3O5S2/c1-25-15(21)10-20-13-8-7-12(27(18,23)24)9-14(13)26-17(20)19-16(22)11-5-3-2-4-6-11/h7-9,11H,2-6,10H2,1H3,(H2,18,23,24). The molecule has 2 N–H and O–H groups in total. The molecule has 3 rings (SSSR count). The summed E-state index contributed by atoms with van der Waals surface area (Å²) in [6, 6.07) is 4.34. The van der Waals surface area contributed by atoms with Crippen molar-refractivity contribution in [3.05, 3.63) is 23.0 Å². The third-order valence-corrected chi connectivity index (χ3v) is 6.61. The highest BCUT2D eigenvalue weighted by molar-refractivity contribution is 7.89. The van der Waals surface area contributed by atoms with E-state index in [1.165, 1.54) is 19.2 Å². The molecule has 1 saturated carbocycles. The maximum absolute atomic E-state index is 12.6. The van der Waals surface area contributed by atoms with Crippen LogP contribution >= 0.6 is 11.3 Å². The second kappa shape index (κ2) is 7.91. The van der Waals surface area contributed by atoms with Gasteiger partial charge in [-0.05, 0) is 31.0 Å². The molecule has 8 nitrogen and oxygen atoms in total. The molecule has 1 aliphatic carbocycles. The molecule has 1 aliphatic rings. The van der Waals surface area contributed by atoms with Gasteiger partial charge in [-0.3, -0.25) is 9.59 Å². The Morgan fingerprint density at radius 2 is 2.00 bits per heavy atom. The van der Waals surface area contributed by atoms with E-state index in [4.69, 9.17) is 9.88 Å². The van der Waals surface area contributed by atoms with E-state index in [9.17, 15) is 18.0 Å². The minimum Gasteiger partial charge on any atom is -0.468 e. The van der Waals surface area contributed by atoms with Crippen LogP contribution in [0.2, 0.25) is 0 Å². The maximum atomic E-state index is 12.6. The number of primary sulfonamides is 1. The molecule has 1 heterocycles. The first-order chi connectivity index (χ1) is 12.8. The lowest BCUT2D eigenvalue weighted by Gasteiger charge is -2.17. The molecule has 2 aromatic rings. The molecule has 0 radical (unpaired) electrons. The van der Waals surface area contributed by atoms with Crippen LogP contribution in [0.4, 0.5) is 0 Å². The van der Waals surface area contributed by atoms with Gasteiger partial charge < -0.3 is 9.30 Å². The van der Waals surface area contributed by atoms with Gasteiger partial charge in [0.25, 0.3) is 5.91 Å². The van der Waals surface area contributed by atoms with Crippen molar-refractivity contribution in [3.8, 4) is 0 Å². The Hall–Kier alpha value is -2.04. The number of fused-ring (bicyclic) bond motifs is 1. The summed E-state index contributed by atoms with van der Waals surface area (Å²) in [4.78, 5) is 28.9. The van der Waals surface area contributed by atoms with Gasteiger partial charge >= 0.3 is 5.97 Å². The number of methoxy groups -OCH3 is 1. The van der Waals surface area contributed by atoms with Gasteiger partial charge in [-0.1, -0.05) is 30.6 Å². The quantitative estimate of drug-likeness (QED) is 0.765. The predicted molar refractivity (Wildman–Crippen MR) is 100 cm³/mol. The number of benzene rings is 1. The summed E-state index contributed by atoms with van der Waals surface area (Å²) < 4.78 is 30.1. The molecule has 1 fully saturated rings. The molecule has 1 amide bonds. The number of esters is 1. The fraction of sp³-hybridized carbons (Fsp3) is 0.471. The number of rotatable bonds is 4. The maximum Gasteiger partial charge on any atom is 0.325 e. The largest absolute Gasteiger partial charge is 0.468 e. The zero-order chi connectivity index (χ0) is 19.6.